The molecular weight excluding hydrogens is 496 g/mol. The number of anilines is 1. The summed E-state index contributed by atoms with van der Waals surface area (Å²) in [5.74, 6) is -4.25. The Bertz CT molecular complexity index is 1440. The molecule has 2 N–H and O–H groups in total. The van der Waals surface area contributed by atoms with Crippen molar-refractivity contribution in [3.05, 3.63) is 65.4 Å². The van der Waals surface area contributed by atoms with Gasteiger partial charge in [0, 0.05) is 30.6 Å². The molecule has 2 aromatic carbocycles. The molecule has 2 unspecified atom stereocenters. The number of hydrogen-bond acceptors (Lipinski definition) is 5. The number of carbonyl (C=O) groups excluding carboxylic acids is 4. The summed E-state index contributed by atoms with van der Waals surface area (Å²) in [6, 6.07) is 9.40. The van der Waals surface area contributed by atoms with E-state index in [1.165, 1.54) is 27.0 Å². The largest absolute Gasteiger partial charge is 0.350 e. The zero-order valence-corrected chi connectivity index (χ0v) is 21.3. The Morgan fingerprint density at radius 1 is 1.13 bits per heavy atom. The van der Waals surface area contributed by atoms with Gasteiger partial charge >= 0.3 is 0 Å². The van der Waals surface area contributed by atoms with Crippen molar-refractivity contribution < 1.29 is 28.0 Å². The number of benzene rings is 2. The molecule has 3 aromatic rings. The van der Waals surface area contributed by atoms with E-state index in [0.717, 1.165) is 21.4 Å². The highest BCUT2D eigenvalue weighted by Crippen LogP contribution is 2.23. The van der Waals surface area contributed by atoms with Crippen LogP contribution in [0.25, 0.3) is 10.9 Å². The number of ketones is 1. The van der Waals surface area contributed by atoms with E-state index in [9.17, 15) is 33.2 Å². The number of nitriles is 1. The molecule has 0 aliphatic heterocycles. The number of H-pyrrole nitrogens is 1. The topological polar surface area (TPSA) is 126 Å². The molecule has 0 aliphatic rings. The lowest BCUT2D eigenvalue weighted by Gasteiger charge is -2.33. The molecule has 0 saturated heterocycles. The van der Waals surface area contributed by atoms with Gasteiger partial charge in [0.15, 0.2) is 0 Å². The second-order valence-corrected chi connectivity index (χ2v) is 9.00. The number of Topliss-reactive ketones (excluding diaryl/α,β-unsaturated/α-hetero) is 1. The molecule has 198 valence electrons. The number of fused-ring (bicyclic) bond motifs is 1. The first kappa shape index (κ1) is 28.0. The van der Waals surface area contributed by atoms with Crippen molar-refractivity contribution in [1.82, 2.24) is 14.8 Å². The summed E-state index contributed by atoms with van der Waals surface area (Å²) in [4.78, 5) is 56.3. The summed E-state index contributed by atoms with van der Waals surface area (Å²) in [7, 11) is 1.28. The van der Waals surface area contributed by atoms with E-state index in [1.54, 1.807) is 31.2 Å². The summed E-state index contributed by atoms with van der Waals surface area (Å²) in [6.07, 6.45) is -0.391. The van der Waals surface area contributed by atoms with Gasteiger partial charge in [0.2, 0.25) is 11.8 Å². The third-order valence-electron chi connectivity index (χ3n) is 6.11. The zero-order valence-electron chi connectivity index (χ0n) is 21.3. The average molecular weight is 524 g/mol. The molecule has 3 amide bonds. The lowest BCUT2D eigenvalue weighted by Crippen LogP contribution is -2.54. The van der Waals surface area contributed by atoms with Gasteiger partial charge in [0.1, 0.15) is 41.7 Å². The predicted molar refractivity (Wildman–Crippen MR) is 136 cm³/mol. The summed E-state index contributed by atoms with van der Waals surface area (Å²) in [6.45, 7) is 3.95. The highest BCUT2D eigenvalue weighted by molar-refractivity contribution is 6.02. The minimum Gasteiger partial charge on any atom is -0.350 e. The molecule has 0 aliphatic carbocycles. The van der Waals surface area contributed by atoms with Crippen LogP contribution in [0.4, 0.5) is 14.5 Å². The van der Waals surface area contributed by atoms with E-state index in [2.05, 4.69) is 10.3 Å². The minimum atomic E-state index is -1.37. The van der Waals surface area contributed by atoms with E-state index in [1.807, 2.05) is 6.07 Å². The molecule has 0 bridgehead atoms. The molecule has 1 heterocycles. The molecule has 11 heteroatoms. The Hall–Kier alpha value is -4.59. The number of rotatable bonds is 9. The number of aromatic amines is 1. The molecule has 2 atom stereocenters. The maximum atomic E-state index is 14.2. The number of carbonyl (C=O) groups is 4. The van der Waals surface area contributed by atoms with E-state index >= 15 is 0 Å². The molecule has 1 aromatic heterocycles. The fourth-order valence-corrected chi connectivity index (χ4v) is 3.99. The van der Waals surface area contributed by atoms with Crippen LogP contribution in [-0.4, -0.2) is 64.0 Å². The maximum absolute atomic E-state index is 14.2. The second kappa shape index (κ2) is 11.6. The van der Waals surface area contributed by atoms with Crippen LogP contribution in [0.1, 0.15) is 36.3 Å². The Morgan fingerprint density at radius 3 is 2.45 bits per heavy atom. The lowest BCUT2D eigenvalue weighted by atomic mass is 10.1. The Kier molecular flexibility index (Phi) is 8.57. The van der Waals surface area contributed by atoms with Gasteiger partial charge in [0.25, 0.3) is 5.91 Å². The lowest BCUT2D eigenvalue weighted by molar-refractivity contribution is -0.141. The van der Waals surface area contributed by atoms with Gasteiger partial charge in [-0.1, -0.05) is 18.2 Å². The number of amides is 3. The van der Waals surface area contributed by atoms with E-state index in [-0.39, 0.29) is 16.6 Å². The summed E-state index contributed by atoms with van der Waals surface area (Å²) < 4.78 is 27.8. The Labute approximate surface area is 218 Å². The Balaban J connectivity index is 1.89. The number of hydrogen-bond donors (Lipinski definition) is 2. The number of para-hydroxylation sites is 1. The van der Waals surface area contributed by atoms with Crippen molar-refractivity contribution in [1.29, 1.82) is 5.26 Å². The minimum absolute atomic E-state index is 0.0230. The van der Waals surface area contributed by atoms with Crippen LogP contribution in [0.5, 0.6) is 0 Å². The fraction of sp³-hybridized carbons (Fsp3) is 0.296. The van der Waals surface area contributed by atoms with Crippen LogP contribution in [0, 0.1) is 29.9 Å². The monoisotopic (exact) mass is 523 g/mol. The highest BCUT2D eigenvalue weighted by atomic mass is 19.1. The molecule has 0 saturated carbocycles. The van der Waals surface area contributed by atoms with Crippen LogP contribution >= 0.6 is 0 Å². The molecule has 3 rings (SSSR count). The van der Waals surface area contributed by atoms with Crippen molar-refractivity contribution in [3.63, 3.8) is 0 Å². The van der Waals surface area contributed by atoms with Gasteiger partial charge in [-0.25, -0.2) is 8.78 Å². The zero-order chi connectivity index (χ0) is 28.1. The molecule has 0 spiro atoms. The molecular formula is C27H27F2N5O4. The number of aromatic nitrogens is 1. The van der Waals surface area contributed by atoms with Gasteiger partial charge in [-0.15, -0.1) is 0 Å². The first-order chi connectivity index (χ1) is 17.9. The van der Waals surface area contributed by atoms with E-state index < -0.39 is 60.2 Å². The van der Waals surface area contributed by atoms with Gasteiger partial charge in [-0.05, 0) is 44.5 Å². The van der Waals surface area contributed by atoms with Crippen LogP contribution in [0.15, 0.2) is 42.5 Å². The summed E-state index contributed by atoms with van der Waals surface area (Å²) in [5, 5.41) is 12.2. The molecule has 0 fully saturated rings. The first-order valence-corrected chi connectivity index (χ1v) is 11.7. The van der Waals surface area contributed by atoms with Crippen molar-refractivity contribution in [2.45, 2.75) is 39.3 Å². The van der Waals surface area contributed by atoms with E-state index in [0.29, 0.717) is 11.8 Å². The summed E-state index contributed by atoms with van der Waals surface area (Å²) >= 11 is 0. The molecule has 9 nitrogen and oxygen atoms in total. The van der Waals surface area contributed by atoms with Crippen molar-refractivity contribution >= 4 is 40.1 Å². The third-order valence-corrected chi connectivity index (χ3v) is 6.11. The second-order valence-electron chi connectivity index (χ2n) is 9.00. The predicted octanol–water partition coefficient (Wildman–Crippen LogP) is 3.55. The van der Waals surface area contributed by atoms with Crippen LogP contribution in [-0.2, 0) is 14.4 Å². The first-order valence-electron chi connectivity index (χ1n) is 11.7. The third kappa shape index (κ3) is 6.21. The standard InChI is InChI=1S/C27H27F2N5O4/c1-15-7-5-6-8-21(15)32-25(36)14-34(16(2)13-30)27(38)24(9-17(3)35)33(4)26(37)23-12-19-20(29)10-18(28)11-22(19)31-23/h5-8,10-12,16,24,31H,9,14H2,1-4H3,(H,32,36). The van der Waals surface area contributed by atoms with Crippen molar-refractivity contribution in [3.8, 4) is 6.07 Å². The van der Waals surface area contributed by atoms with Gasteiger partial charge < -0.3 is 20.1 Å². The quantitative estimate of drug-likeness (QED) is 0.444. The van der Waals surface area contributed by atoms with Crippen LogP contribution < -0.4 is 5.32 Å². The highest BCUT2D eigenvalue weighted by Gasteiger charge is 2.35. The number of aryl methyl sites for hydroxylation is 1. The average Bonchev–Trinajstić information content (AvgIpc) is 3.30. The number of nitrogens with zero attached hydrogens (tertiary/aromatic N) is 3. The van der Waals surface area contributed by atoms with Gasteiger partial charge in [-0.2, -0.15) is 5.26 Å². The van der Waals surface area contributed by atoms with Crippen molar-refractivity contribution in [2.75, 3.05) is 18.9 Å². The van der Waals surface area contributed by atoms with E-state index in [4.69, 9.17) is 0 Å². The number of halogens is 2. The molecule has 38 heavy (non-hydrogen) atoms. The van der Waals surface area contributed by atoms with Crippen LogP contribution in [0.2, 0.25) is 0 Å². The maximum Gasteiger partial charge on any atom is 0.270 e. The number of nitrogens with one attached hydrogen (secondary N) is 2. The molecule has 0 radical (unpaired) electrons. The van der Waals surface area contributed by atoms with Gasteiger partial charge in [0.05, 0.1) is 11.6 Å². The fourth-order valence-electron chi connectivity index (χ4n) is 3.99. The van der Waals surface area contributed by atoms with Gasteiger partial charge in [-0.3, -0.25) is 19.2 Å². The normalized spacial score (nSPS) is 12.3. The van der Waals surface area contributed by atoms with Crippen molar-refractivity contribution in [2.24, 2.45) is 0 Å². The summed E-state index contributed by atoms with van der Waals surface area (Å²) in [5.41, 5.74) is 1.23. The van der Waals surface area contributed by atoms with Crippen LogP contribution in [0.3, 0.4) is 0 Å². The SMILES string of the molecule is CC(=O)CC(C(=O)N(CC(=O)Nc1ccccc1C)C(C)C#N)N(C)C(=O)c1cc2c(F)cc(F)cc2[nH]1. The smallest absolute Gasteiger partial charge is 0.270 e. The Morgan fingerprint density at radius 2 is 1.82 bits per heavy atom. The number of likely N-dealkylation sites (N-methyl/N-ethyl adjacent to an activating group) is 1.